The van der Waals surface area contributed by atoms with Crippen LogP contribution in [0.2, 0.25) is 0 Å². The monoisotopic (exact) mass is 460 g/mol. The van der Waals surface area contributed by atoms with E-state index in [-0.39, 0.29) is 29.7 Å². The van der Waals surface area contributed by atoms with Crippen LogP contribution in [0, 0.1) is 0 Å². The summed E-state index contributed by atoms with van der Waals surface area (Å²) in [5.41, 5.74) is 1.14. The maximum Gasteiger partial charge on any atom is 0.302 e. The summed E-state index contributed by atoms with van der Waals surface area (Å²) in [4.78, 5) is 22.4. The number of anilines is 1. The third-order valence-corrected chi connectivity index (χ3v) is 6.61. The molecule has 7 nitrogen and oxygen atoms in total. The minimum atomic E-state index is -3.63. The molecule has 1 heterocycles. The zero-order chi connectivity index (χ0) is 19.2. The Balaban J connectivity index is 1.88. The molecule has 0 saturated carbocycles. The van der Waals surface area contributed by atoms with Gasteiger partial charge in [-0.05, 0) is 45.8 Å². The molecule has 0 aliphatic carbocycles. The van der Waals surface area contributed by atoms with Crippen molar-refractivity contribution in [1.82, 2.24) is 5.32 Å². The number of amides is 1. The maximum absolute atomic E-state index is 12.3. The number of hydrogen-bond donors (Lipinski definition) is 2. The second kappa shape index (κ2) is 9.15. The number of halogens is 1. The van der Waals surface area contributed by atoms with Gasteiger partial charge in [0.1, 0.15) is 10.8 Å². The number of sulfonamides is 1. The van der Waals surface area contributed by atoms with Crippen molar-refractivity contribution in [3.05, 3.63) is 45.7 Å². The largest absolute Gasteiger partial charge is 0.464 e. The topological polar surface area (TPSA) is 102 Å². The minimum Gasteiger partial charge on any atom is -0.464 e. The molecule has 0 spiro atoms. The second-order valence-corrected chi connectivity index (χ2v) is 9.60. The van der Waals surface area contributed by atoms with Gasteiger partial charge in [0.2, 0.25) is 5.91 Å². The van der Waals surface area contributed by atoms with Gasteiger partial charge in [-0.15, -0.1) is 11.3 Å². The lowest BCUT2D eigenvalue weighted by Crippen LogP contribution is -2.29. The molecule has 0 bridgehead atoms. The number of carbonyl (C=O) groups is 2. The molecule has 1 aromatic heterocycles. The van der Waals surface area contributed by atoms with Gasteiger partial charge in [0.25, 0.3) is 10.0 Å². The molecule has 0 radical (unpaired) electrons. The Labute approximate surface area is 163 Å². The first kappa shape index (κ1) is 20.4. The van der Waals surface area contributed by atoms with Gasteiger partial charge in [-0.1, -0.05) is 12.1 Å². The van der Waals surface area contributed by atoms with E-state index < -0.39 is 16.0 Å². The lowest BCUT2D eigenvalue weighted by molar-refractivity contribution is -0.141. The lowest BCUT2D eigenvalue weighted by atomic mass is 10.1. The first-order valence-corrected chi connectivity index (χ1v) is 10.6. The summed E-state index contributed by atoms with van der Waals surface area (Å²) in [6.07, 6.45) is 0.144. The Morgan fingerprint density at radius 2 is 1.85 bits per heavy atom. The highest BCUT2D eigenvalue weighted by Crippen LogP contribution is 2.27. The number of hydrogen-bond acceptors (Lipinski definition) is 6. The summed E-state index contributed by atoms with van der Waals surface area (Å²) in [7, 11) is -3.63. The molecule has 140 valence electrons. The molecule has 2 N–H and O–H groups in total. The Morgan fingerprint density at radius 1 is 1.15 bits per heavy atom. The van der Waals surface area contributed by atoms with Crippen LogP contribution in [-0.2, 0) is 30.8 Å². The van der Waals surface area contributed by atoms with E-state index in [0.717, 1.165) is 20.7 Å². The molecule has 26 heavy (non-hydrogen) atoms. The Morgan fingerprint density at radius 3 is 2.42 bits per heavy atom. The van der Waals surface area contributed by atoms with E-state index in [2.05, 4.69) is 26.0 Å². The highest BCUT2D eigenvalue weighted by atomic mass is 79.9. The third-order valence-electron chi connectivity index (χ3n) is 3.11. The fourth-order valence-corrected chi connectivity index (χ4v) is 5.04. The van der Waals surface area contributed by atoms with Crippen LogP contribution in [-0.4, -0.2) is 33.4 Å². The number of benzene rings is 1. The normalized spacial score (nSPS) is 11.0. The van der Waals surface area contributed by atoms with E-state index in [0.29, 0.717) is 5.69 Å². The van der Waals surface area contributed by atoms with Gasteiger partial charge >= 0.3 is 5.97 Å². The van der Waals surface area contributed by atoms with Crippen LogP contribution in [0.5, 0.6) is 0 Å². The predicted octanol–water partition coefficient (Wildman–Crippen LogP) is 2.53. The van der Waals surface area contributed by atoms with Gasteiger partial charge in [-0.25, -0.2) is 8.42 Å². The minimum absolute atomic E-state index is 0.126. The Kier molecular flexibility index (Phi) is 7.18. The third kappa shape index (κ3) is 6.43. The molecular weight excluding hydrogens is 444 g/mol. The Hall–Kier alpha value is -1.91. The maximum atomic E-state index is 12.3. The quantitative estimate of drug-likeness (QED) is 0.465. The number of nitrogens with one attached hydrogen (secondary N) is 2. The lowest BCUT2D eigenvalue weighted by Gasteiger charge is -2.08. The number of ether oxygens (including phenoxy) is 1. The van der Waals surface area contributed by atoms with Crippen molar-refractivity contribution in [3.63, 3.8) is 0 Å². The van der Waals surface area contributed by atoms with Crippen LogP contribution >= 0.6 is 27.3 Å². The first-order valence-electron chi connectivity index (χ1n) is 7.53. The van der Waals surface area contributed by atoms with Crippen LogP contribution in [0.15, 0.2) is 44.4 Å². The summed E-state index contributed by atoms with van der Waals surface area (Å²) in [5, 5.41) is 2.63. The van der Waals surface area contributed by atoms with E-state index >= 15 is 0 Å². The van der Waals surface area contributed by atoms with Crippen LogP contribution in [0.4, 0.5) is 5.69 Å². The van der Waals surface area contributed by atoms with E-state index in [1.807, 2.05) is 0 Å². The summed E-state index contributed by atoms with van der Waals surface area (Å²) < 4.78 is 32.7. The second-order valence-electron chi connectivity index (χ2n) is 5.23. The molecular formula is C16H17BrN2O5S2. The molecule has 2 aromatic rings. The predicted molar refractivity (Wildman–Crippen MR) is 103 cm³/mol. The molecule has 0 aliphatic rings. The van der Waals surface area contributed by atoms with Gasteiger partial charge in [0, 0.05) is 12.6 Å². The fraction of sp³-hybridized carbons (Fsp3) is 0.250. The molecule has 0 fully saturated rings. The van der Waals surface area contributed by atoms with Gasteiger partial charge in [0.15, 0.2) is 0 Å². The van der Waals surface area contributed by atoms with E-state index in [9.17, 15) is 18.0 Å². The van der Waals surface area contributed by atoms with Crippen molar-refractivity contribution in [3.8, 4) is 0 Å². The summed E-state index contributed by atoms with van der Waals surface area (Å²) in [6, 6.07) is 9.74. The van der Waals surface area contributed by atoms with Gasteiger partial charge in [-0.3, -0.25) is 14.3 Å². The van der Waals surface area contributed by atoms with Gasteiger partial charge in [0.05, 0.1) is 16.8 Å². The summed E-state index contributed by atoms with van der Waals surface area (Å²) in [5.74, 6) is -0.610. The molecule has 1 amide bonds. The van der Waals surface area contributed by atoms with Crippen molar-refractivity contribution in [1.29, 1.82) is 0 Å². The van der Waals surface area contributed by atoms with Crippen LogP contribution < -0.4 is 10.0 Å². The SMILES string of the molecule is CC(=O)OCCNC(=O)Cc1ccc(NS(=O)(=O)c2ccc(Br)s2)cc1. The highest BCUT2D eigenvalue weighted by Gasteiger charge is 2.16. The number of carbonyl (C=O) groups excluding carboxylic acids is 2. The molecule has 1 aromatic carbocycles. The zero-order valence-electron chi connectivity index (χ0n) is 13.8. The first-order chi connectivity index (χ1) is 12.3. The van der Waals surface area contributed by atoms with Crippen molar-refractivity contribution < 1.29 is 22.7 Å². The molecule has 10 heteroatoms. The number of esters is 1. The summed E-state index contributed by atoms with van der Waals surface area (Å²) in [6.45, 7) is 1.67. The molecule has 2 rings (SSSR count). The van der Waals surface area contributed by atoms with E-state index in [4.69, 9.17) is 4.74 Å². The van der Waals surface area contributed by atoms with Crippen molar-refractivity contribution in [2.75, 3.05) is 17.9 Å². The smallest absolute Gasteiger partial charge is 0.302 e. The van der Waals surface area contributed by atoms with Crippen molar-refractivity contribution in [2.24, 2.45) is 0 Å². The zero-order valence-corrected chi connectivity index (χ0v) is 17.0. The van der Waals surface area contributed by atoms with E-state index in [1.54, 1.807) is 30.3 Å². The molecule has 0 unspecified atom stereocenters. The average molecular weight is 461 g/mol. The van der Waals surface area contributed by atoms with Crippen molar-refractivity contribution in [2.45, 2.75) is 17.6 Å². The Bertz CT molecular complexity index is 878. The molecule has 0 saturated heterocycles. The average Bonchev–Trinajstić information content (AvgIpc) is 3.00. The van der Waals surface area contributed by atoms with Crippen LogP contribution in [0.1, 0.15) is 12.5 Å². The highest BCUT2D eigenvalue weighted by molar-refractivity contribution is 9.11. The standard InChI is InChI=1S/C16H17BrN2O5S2/c1-11(20)24-9-8-18-15(21)10-12-2-4-13(5-3-12)19-26(22,23)16-7-6-14(17)25-16/h2-7,19H,8-10H2,1H3,(H,18,21). The van der Waals surface area contributed by atoms with Gasteiger partial charge in [-0.2, -0.15) is 0 Å². The van der Waals surface area contributed by atoms with Crippen LogP contribution in [0.3, 0.4) is 0 Å². The molecule has 0 atom stereocenters. The fourth-order valence-electron chi connectivity index (χ4n) is 1.97. The number of rotatable bonds is 8. The van der Waals surface area contributed by atoms with Crippen LogP contribution in [0.25, 0.3) is 0 Å². The summed E-state index contributed by atoms with van der Waals surface area (Å²) >= 11 is 4.35. The van der Waals surface area contributed by atoms with Gasteiger partial charge < -0.3 is 10.1 Å². The van der Waals surface area contributed by atoms with Crippen molar-refractivity contribution >= 4 is 54.9 Å². The van der Waals surface area contributed by atoms with E-state index in [1.165, 1.54) is 13.0 Å². The molecule has 0 aliphatic heterocycles. The number of thiophene rings is 1.